The number of rotatable bonds is 7. The Balaban J connectivity index is 1.66. The Labute approximate surface area is 150 Å². The Bertz CT molecular complexity index is 753. The summed E-state index contributed by atoms with van der Waals surface area (Å²) in [5.41, 5.74) is 1.24. The Morgan fingerprint density at radius 2 is 1.96 bits per heavy atom. The molecule has 1 fully saturated rings. The Kier molecular flexibility index (Phi) is 5.33. The van der Waals surface area contributed by atoms with Gasteiger partial charge in [0.05, 0.1) is 27.2 Å². The quantitative estimate of drug-likeness (QED) is 0.710. The van der Waals surface area contributed by atoms with E-state index in [1.165, 1.54) is 18.4 Å². The van der Waals surface area contributed by atoms with E-state index in [9.17, 15) is 9.59 Å². The van der Waals surface area contributed by atoms with E-state index < -0.39 is 5.97 Å². The molecule has 0 N–H and O–H groups in total. The van der Waals surface area contributed by atoms with Crippen LogP contribution in [0.15, 0.2) is 29.6 Å². The number of esters is 1. The van der Waals surface area contributed by atoms with Crippen LogP contribution in [0.1, 0.15) is 33.9 Å². The minimum absolute atomic E-state index is 0.0717. The standard InChI is InChI=1S/C18H20N2O4S/c1-23-14-7-3-12(4-8-14)9-17(21)20(13-5-6-13)10-16-19-15(11-25-16)18(22)24-2/h3-4,7-8,11,13H,5-6,9-10H2,1-2H3. The molecule has 2 aromatic rings. The average Bonchev–Trinajstić information content (AvgIpc) is 3.37. The summed E-state index contributed by atoms with van der Waals surface area (Å²) in [6.07, 6.45) is 2.38. The summed E-state index contributed by atoms with van der Waals surface area (Å²) >= 11 is 1.37. The number of ether oxygens (including phenoxy) is 2. The molecule has 1 saturated carbocycles. The van der Waals surface area contributed by atoms with Gasteiger partial charge in [-0.3, -0.25) is 4.79 Å². The number of hydrogen-bond acceptors (Lipinski definition) is 6. The van der Waals surface area contributed by atoms with Crippen molar-refractivity contribution in [1.29, 1.82) is 0 Å². The maximum Gasteiger partial charge on any atom is 0.357 e. The molecule has 1 aromatic heterocycles. The summed E-state index contributed by atoms with van der Waals surface area (Å²) in [6.45, 7) is 0.432. The van der Waals surface area contributed by atoms with Gasteiger partial charge in [-0.2, -0.15) is 0 Å². The van der Waals surface area contributed by atoms with Crippen molar-refractivity contribution in [3.63, 3.8) is 0 Å². The molecule has 1 aromatic carbocycles. The summed E-state index contributed by atoms with van der Waals surface area (Å²) in [5.74, 6) is 0.390. The largest absolute Gasteiger partial charge is 0.497 e. The topological polar surface area (TPSA) is 68.7 Å². The third-order valence-corrected chi connectivity index (χ3v) is 4.91. The minimum atomic E-state index is -0.454. The number of aromatic nitrogens is 1. The van der Waals surface area contributed by atoms with Crippen LogP contribution in [0.5, 0.6) is 5.75 Å². The van der Waals surface area contributed by atoms with Gasteiger partial charge >= 0.3 is 5.97 Å². The van der Waals surface area contributed by atoms with E-state index >= 15 is 0 Å². The van der Waals surface area contributed by atoms with E-state index in [-0.39, 0.29) is 11.9 Å². The lowest BCUT2D eigenvalue weighted by Gasteiger charge is -2.21. The zero-order valence-electron chi connectivity index (χ0n) is 14.2. The smallest absolute Gasteiger partial charge is 0.357 e. The van der Waals surface area contributed by atoms with E-state index in [1.807, 2.05) is 29.2 Å². The highest BCUT2D eigenvalue weighted by Crippen LogP contribution is 2.30. The molecule has 1 heterocycles. The Morgan fingerprint density at radius 1 is 1.24 bits per heavy atom. The third kappa shape index (κ3) is 4.36. The van der Waals surface area contributed by atoms with Crippen molar-refractivity contribution in [3.05, 3.63) is 45.9 Å². The first kappa shape index (κ1) is 17.4. The van der Waals surface area contributed by atoms with E-state index in [2.05, 4.69) is 9.72 Å². The van der Waals surface area contributed by atoms with E-state index in [4.69, 9.17) is 4.74 Å². The highest BCUT2D eigenvalue weighted by molar-refractivity contribution is 7.09. The minimum Gasteiger partial charge on any atom is -0.497 e. The van der Waals surface area contributed by atoms with Crippen molar-refractivity contribution in [3.8, 4) is 5.75 Å². The Hall–Kier alpha value is -2.41. The second kappa shape index (κ2) is 7.65. The van der Waals surface area contributed by atoms with Crippen LogP contribution in [0.25, 0.3) is 0 Å². The van der Waals surface area contributed by atoms with Gasteiger partial charge < -0.3 is 14.4 Å². The van der Waals surface area contributed by atoms with Crippen LogP contribution >= 0.6 is 11.3 Å². The molecule has 0 aliphatic heterocycles. The first-order valence-electron chi connectivity index (χ1n) is 8.06. The lowest BCUT2D eigenvalue weighted by molar-refractivity contribution is -0.131. The van der Waals surface area contributed by atoms with Gasteiger partial charge in [-0.15, -0.1) is 11.3 Å². The first-order chi connectivity index (χ1) is 12.1. The molecule has 0 atom stereocenters. The van der Waals surface area contributed by atoms with Crippen molar-refractivity contribution < 1.29 is 19.1 Å². The lowest BCUT2D eigenvalue weighted by atomic mass is 10.1. The van der Waals surface area contributed by atoms with Crippen molar-refractivity contribution in [2.45, 2.75) is 31.8 Å². The number of benzene rings is 1. The Morgan fingerprint density at radius 3 is 2.56 bits per heavy atom. The maximum absolute atomic E-state index is 12.7. The third-order valence-electron chi connectivity index (χ3n) is 4.07. The zero-order valence-corrected chi connectivity index (χ0v) is 15.0. The number of thiazole rings is 1. The summed E-state index contributed by atoms with van der Waals surface area (Å²) < 4.78 is 9.81. The summed E-state index contributed by atoms with van der Waals surface area (Å²) in [7, 11) is 2.95. The fraction of sp³-hybridized carbons (Fsp3) is 0.389. The number of carbonyl (C=O) groups excluding carboxylic acids is 2. The molecule has 3 rings (SSSR count). The van der Waals surface area contributed by atoms with Crippen molar-refractivity contribution in [2.75, 3.05) is 14.2 Å². The zero-order chi connectivity index (χ0) is 17.8. The second-order valence-electron chi connectivity index (χ2n) is 5.90. The van der Waals surface area contributed by atoms with Gasteiger partial charge in [0.25, 0.3) is 0 Å². The molecule has 1 aliphatic rings. The van der Waals surface area contributed by atoms with Crippen LogP contribution in [0, 0.1) is 0 Å². The fourth-order valence-electron chi connectivity index (χ4n) is 2.55. The summed E-state index contributed by atoms with van der Waals surface area (Å²) in [6, 6.07) is 7.79. The van der Waals surface area contributed by atoms with Crippen molar-refractivity contribution in [1.82, 2.24) is 9.88 Å². The maximum atomic E-state index is 12.7. The molecule has 0 bridgehead atoms. The predicted molar refractivity (Wildman–Crippen MR) is 93.7 cm³/mol. The molecular weight excluding hydrogens is 340 g/mol. The van der Waals surface area contributed by atoms with Crippen LogP contribution < -0.4 is 4.74 Å². The molecule has 0 unspecified atom stereocenters. The average molecular weight is 360 g/mol. The van der Waals surface area contributed by atoms with Gasteiger partial charge in [-0.1, -0.05) is 12.1 Å². The molecule has 0 saturated heterocycles. The molecule has 1 amide bonds. The summed E-state index contributed by atoms with van der Waals surface area (Å²) in [5, 5.41) is 2.41. The fourth-order valence-corrected chi connectivity index (χ4v) is 3.32. The summed E-state index contributed by atoms with van der Waals surface area (Å²) in [4.78, 5) is 30.4. The monoisotopic (exact) mass is 360 g/mol. The number of nitrogens with zero attached hydrogens (tertiary/aromatic N) is 2. The molecule has 0 spiro atoms. The predicted octanol–water partition coefficient (Wildman–Crippen LogP) is 2.67. The molecule has 132 valence electrons. The van der Waals surface area contributed by atoms with Crippen LogP contribution in [-0.4, -0.2) is 42.0 Å². The van der Waals surface area contributed by atoms with Crippen molar-refractivity contribution in [2.24, 2.45) is 0 Å². The molecule has 6 nitrogen and oxygen atoms in total. The van der Waals surface area contributed by atoms with Crippen LogP contribution in [-0.2, 0) is 22.5 Å². The van der Waals surface area contributed by atoms with Gasteiger partial charge in [-0.05, 0) is 30.5 Å². The van der Waals surface area contributed by atoms with Crippen LogP contribution in [0.4, 0.5) is 0 Å². The second-order valence-corrected chi connectivity index (χ2v) is 6.84. The van der Waals surface area contributed by atoms with E-state index in [1.54, 1.807) is 12.5 Å². The number of methoxy groups -OCH3 is 2. The number of hydrogen-bond donors (Lipinski definition) is 0. The highest BCUT2D eigenvalue weighted by Gasteiger charge is 2.33. The molecule has 1 aliphatic carbocycles. The molecule has 7 heteroatoms. The first-order valence-corrected chi connectivity index (χ1v) is 8.93. The molecule has 25 heavy (non-hydrogen) atoms. The highest BCUT2D eigenvalue weighted by atomic mass is 32.1. The number of carbonyl (C=O) groups is 2. The van der Waals surface area contributed by atoms with Crippen molar-refractivity contribution >= 4 is 23.2 Å². The van der Waals surface area contributed by atoms with Gasteiger partial charge in [0.2, 0.25) is 5.91 Å². The van der Waals surface area contributed by atoms with Gasteiger partial charge in [-0.25, -0.2) is 9.78 Å². The van der Waals surface area contributed by atoms with Gasteiger partial charge in [0.1, 0.15) is 10.8 Å². The number of amides is 1. The molecular formula is C18H20N2O4S. The normalized spacial score (nSPS) is 13.4. The van der Waals surface area contributed by atoms with E-state index in [0.29, 0.717) is 18.7 Å². The van der Waals surface area contributed by atoms with Gasteiger partial charge in [0, 0.05) is 11.4 Å². The van der Waals surface area contributed by atoms with Crippen LogP contribution in [0.2, 0.25) is 0 Å². The molecule has 0 radical (unpaired) electrons. The van der Waals surface area contributed by atoms with Gasteiger partial charge in [0.15, 0.2) is 5.69 Å². The van der Waals surface area contributed by atoms with Crippen LogP contribution in [0.3, 0.4) is 0 Å². The van der Waals surface area contributed by atoms with E-state index in [0.717, 1.165) is 29.2 Å². The lowest BCUT2D eigenvalue weighted by Crippen LogP contribution is -2.33. The SMILES string of the molecule is COC(=O)c1csc(CN(C(=O)Cc2ccc(OC)cc2)C2CC2)n1.